The van der Waals surface area contributed by atoms with Gasteiger partial charge in [-0.25, -0.2) is 4.39 Å². The first-order chi connectivity index (χ1) is 9.01. The number of hydrogen-bond acceptors (Lipinski definition) is 2. The molecule has 2 rings (SSSR count). The van der Waals surface area contributed by atoms with Crippen molar-refractivity contribution in [1.29, 1.82) is 0 Å². The molecule has 1 aromatic heterocycles. The van der Waals surface area contributed by atoms with Crippen LogP contribution in [0.3, 0.4) is 0 Å². The second-order valence-electron chi connectivity index (χ2n) is 4.57. The van der Waals surface area contributed by atoms with E-state index in [0.717, 1.165) is 17.9 Å². The maximum absolute atomic E-state index is 13.7. The number of aromatic nitrogens is 2. The smallest absolute Gasteiger partial charge is 0.126 e. The largest absolute Gasteiger partial charge is 0.322 e. The Bertz CT molecular complexity index is 580. The van der Waals surface area contributed by atoms with E-state index in [-0.39, 0.29) is 11.9 Å². The third-order valence-corrected chi connectivity index (χ3v) is 3.30. The van der Waals surface area contributed by atoms with Crippen molar-refractivity contribution < 1.29 is 4.39 Å². The van der Waals surface area contributed by atoms with Gasteiger partial charge in [-0.2, -0.15) is 5.10 Å². The highest BCUT2D eigenvalue weighted by atomic mass is 35.5. The average molecular weight is 282 g/mol. The van der Waals surface area contributed by atoms with Gasteiger partial charge < -0.3 is 5.73 Å². The lowest BCUT2D eigenvalue weighted by Gasteiger charge is -2.14. The maximum atomic E-state index is 13.7. The van der Waals surface area contributed by atoms with Crippen molar-refractivity contribution in [3.63, 3.8) is 0 Å². The van der Waals surface area contributed by atoms with E-state index in [4.69, 9.17) is 17.3 Å². The van der Waals surface area contributed by atoms with Gasteiger partial charge in [0.1, 0.15) is 5.82 Å². The summed E-state index contributed by atoms with van der Waals surface area (Å²) < 4.78 is 15.5. The van der Waals surface area contributed by atoms with E-state index in [1.165, 1.54) is 12.1 Å². The number of rotatable bonds is 4. The zero-order chi connectivity index (χ0) is 14.0. The molecule has 0 fully saturated rings. The van der Waals surface area contributed by atoms with Gasteiger partial charge in [0.15, 0.2) is 0 Å². The fourth-order valence-corrected chi connectivity index (χ4v) is 2.35. The highest BCUT2D eigenvalue weighted by Crippen LogP contribution is 2.21. The lowest BCUT2D eigenvalue weighted by molar-refractivity contribution is 0.550. The van der Waals surface area contributed by atoms with E-state index in [1.807, 2.05) is 24.6 Å². The summed E-state index contributed by atoms with van der Waals surface area (Å²) >= 11 is 5.88. The fourth-order valence-electron chi connectivity index (χ4n) is 2.16. The molecule has 0 bridgehead atoms. The maximum Gasteiger partial charge on any atom is 0.126 e. The van der Waals surface area contributed by atoms with Crippen LogP contribution in [0.1, 0.15) is 29.9 Å². The topological polar surface area (TPSA) is 43.8 Å². The summed E-state index contributed by atoms with van der Waals surface area (Å²) in [6.07, 6.45) is 0.400. The van der Waals surface area contributed by atoms with Crippen LogP contribution < -0.4 is 5.73 Å². The Labute approximate surface area is 117 Å². The van der Waals surface area contributed by atoms with E-state index in [9.17, 15) is 4.39 Å². The molecular weight excluding hydrogens is 265 g/mol. The fraction of sp³-hybridized carbons (Fsp3) is 0.357. The predicted octanol–water partition coefficient (Wildman–Crippen LogP) is 3.25. The Hall–Kier alpha value is -1.39. The minimum atomic E-state index is -0.297. The third-order valence-electron chi connectivity index (χ3n) is 3.06. The number of nitrogens with zero attached hydrogens (tertiary/aromatic N) is 2. The zero-order valence-corrected chi connectivity index (χ0v) is 11.8. The molecule has 3 nitrogen and oxygen atoms in total. The first-order valence-electron chi connectivity index (χ1n) is 6.25. The van der Waals surface area contributed by atoms with Crippen LogP contribution in [0.4, 0.5) is 4.39 Å². The van der Waals surface area contributed by atoms with Crippen LogP contribution in [-0.4, -0.2) is 9.78 Å². The Morgan fingerprint density at radius 3 is 2.84 bits per heavy atom. The van der Waals surface area contributed by atoms with Crippen molar-refractivity contribution in [1.82, 2.24) is 9.78 Å². The quantitative estimate of drug-likeness (QED) is 0.935. The van der Waals surface area contributed by atoms with Crippen molar-refractivity contribution in [2.75, 3.05) is 0 Å². The molecule has 0 aliphatic rings. The van der Waals surface area contributed by atoms with Gasteiger partial charge in [-0.3, -0.25) is 4.68 Å². The van der Waals surface area contributed by atoms with E-state index in [0.29, 0.717) is 17.0 Å². The van der Waals surface area contributed by atoms with Crippen molar-refractivity contribution >= 4 is 11.6 Å². The SMILES string of the molecule is CCn1nc(C)cc1C(N)Cc1cc(Cl)ccc1F. The number of benzene rings is 1. The molecule has 1 aromatic carbocycles. The summed E-state index contributed by atoms with van der Waals surface area (Å²) in [6.45, 7) is 4.67. The van der Waals surface area contributed by atoms with Gasteiger partial charge in [-0.1, -0.05) is 11.6 Å². The lowest BCUT2D eigenvalue weighted by Crippen LogP contribution is -2.18. The van der Waals surface area contributed by atoms with E-state index >= 15 is 0 Å². The Balaban J connectivity index is 2.25. The van der Waals surface area contributed by atoms with Gasteiger partial charge in [0.05, 0.1) is 17.4 Å². The third kappa shape index (κ3) is 3.14. The van der Waals surface area contributed by atoms with E-state index in [2.05, 4.69) is 5.10 Å². The van der Waals surface area contributed by atoms with Gasteiger partial charge >= 0.3 is 0 Å². The lowest BCUT2D eigenvalue weighted by atomic mass is 10.0. The Kier molecular flexibility index (Phi) is 4.22. The van der Waals surface area contributed by atoms with Gasteiger partial charge in [0, 0.05) is 11.6 Å². The molecule has 2 aromatic rings. The van der Waals surface area contributed by atoms with Crippen LogP contribution in [0.2, 0.25) is 5.02 Å². The molecule has 0 aliphatic carbocycles. The summed E-state index contributed by atoms with van der Waals surface area (Å²) in [5.41, 5.74) is 8.53. The number of aryl methyl sites for hydroxylation is 2. The zero-order valence-electron chi connectivity index (χ0n) is 11.0. The van der Waals surface area contributed by atoms with Crippen LogP contribution >= 0.6 is 11.6 Å². The first-order valence-corrected chi connectivity index (χ1v) is 6.63. The number of hydrogen-bond donors (Lipinski definition) is 1. The van der Waals surface area contributed by atoms with E-state index < -0.39 is 0 Å². The van der Waals surface area contributed by atoms with Crippen LogP contribution in [0.15, 0.2) is 24.3 Å². The number of nitrogens with two attached hydrogens (primary N) is 1. The standard InChI is InChI=1S/C14H17ClFN3/c1-3-19-14(6-9(2)18-19)13(17)8-10-7-11(15)4-5-12(10)16/h4-7,13H,3,8,17H2,1-2H3. The first kappa shape index (κ1) is 14.0. The molecule has 1 heterocycles. The van der Waals surface area contributed by atoms with Gasteiger partial charge in [0.2, 0.25) is 0 Å². The molecule has 0 saturated heterocycles. The summed E-state index contributed by atoms with van der Waals surface area (Å²) in [7, 11) is 0. The molecule has 0 amide bonds. The highest BCUT2D eigenvalue weighted by Gasteiger charge is 2.15. The molecular formula is C14H17ClFN3. The molecule has 5 heteroatoms. The van der Waals surface area contributed by atoms with Crippen molar-refractivity contribution in [2.45, 2.75) is 32.9 Å². The highest BCUT2D eigenvalue weighted by molar-refractivity contribution is 6.30. The summed E-state index contributed by atoms with van der Waals surface area (Å²) in [4.78, 5) is 0. The van der Waals surface area contributed by atoms with Gasteiger partial charge in [-0.05, 0) is 50.1 Å². The monoisotopic (exact) mass is 281 g/mol. The van der Waals surface area contributed by atoms with Gasteiger partial charge in [0.25, 0.3) is 0 Å². The minimum Gasteiger partial charge on any atom is -0.322 e. The molecule has 0 radical (unpaired) electrons. The molecule has 19 heavy (non-hydrogen) atoms. The second kappa shape index (κ2) is 5.72. The summed E-state index contributed by atoms with van der Waals surface area (Å²) in [5, 5.41) is 4.87. The molecule has 2 N–H and O–H groups in total. The van der Waals surface area contributed by atoms with Crippen LogP contribution in [0.5, 0.6) is 0 Å². The molecule has 0 spiro atoms. The van der Waals surface area contributed by atoms with E-state index in [1.54, 1.807) is 6.07 Å². The number of halogens is 2. The molecule has 0 aliphatic heterocycles. The van der Waals surface area contributed by atoms with Gasteiger partial charge in [-0.15, -0.1) is 0 Å². The Morgan fingerprint density at radius 1 is 1.42 bits per heavy atom. The van der Waals surface area contributed by atoms with Crippen molar-refractivity contribution in [2.24, 2.45) is 5.73 Å². The molecule has 1 unspecified atom stereocenters. The second-order valence-corrected chi connectivity index (χ2v) is 5.01. The van der Waals surface area contributed by atoms with Crippen LogP contribution in [-0.2, 0) is 13.0 Å². The Morgan fingerprint density at radius 2 is 2.16 bits per heavy atom. The molecule has 102 valence electrons. The molecule has 1 atom stereocenters. The van der Waals surface area contributed by atoms with Crippen molar-refractivity contribution in [3.05, 3.63) is 52.1 Å². The summed E-state index contributed by atoms with van der Waals surface area (Å²) in [6, 6.07) is 6.17. The van der Waals surface area contributed by atoms with Crippen LogP contribution in [0, 0.1) is 12.7 Å². The van der Waals surface area contributed by atoms with Crippen molar-refractivity contribution in [3.8, 4) is 0 Å². The normalized spacial score (nSPS) is 12.7. The predicted molar refractivity (Wildman–Crippen MR) is 74.7 cm³/mol. The summed E-state index contributed by atoms with van der Waals surface area (Å²) in [5.74, 6) is -0.279. The average Bonchev–Trinajstić information content (AvgIpc) is 2.75. The molecule has 0 saturated carbocycles. The minimum absolute atomic E-state index is 0.279. The van der Waals surface area contributed by atoms with Crippen LogP contribution in [0.25, 0.3) is 0 Å².